The largest absolute Gasteiger partial charge is 0.489 e. The van der Waals surface area contributed by atoms with Gasteiger partial charge in [-0.1, -0.05) is 89.7 Å². The van der Waals surface area contributed by atoms with E-state index >= 15 is 0 Å². The van der Waals surface area contributed by atoms with E-state index in [9.17, 15) is 14.7 Å². The van der Waals surface area contributed by atoms with Crippen molar-refractivity contribution in [3.63, 3.8) is 0 Å². The molecule has 4 heterocycles. The lowest BCUT2D eigenvalue weighted by Crippen LogP contribution is -2.75. The monoisotopic (exact) mass is 980 g/mol. The summed E-state index contributed by atoms with van der Waals surface area (Å²) in [5.41, 5.74) is 9.15. The molecule has 4 fully saturated rings. The van der Waals surface area contributed by atoms with Gasteiger partial charge in [0.1, 0.15) is 23.4 Å². The Morgan fingerprint density at radius 1 is 0.971 bits per heavy atom. The van der Waals surface area contributed by atoms with Gasteiger partial charge >= 0.3 is 5.96 Å². The molecule has 1 aliphatic carbocycles. The molecule has 3 saturated heterocycles. The topological polar surface area (TPSA) is 148 Å². The highest BCUT2D eigenvalue weighted by molar-refractivity contribution is 6.31. The van der Waals surface area contributed by atoms with Crippen molar-refractivity contribution in [3.05, 3.63) is 94.1 Å². The number of guanidine groups is 1. The van der Waals surface area contributed by atoms with Crippen molar-refractivity contribution in [2.24, 2.45) is 28.4 Å². The molecule has 1 saturated carbocycles. The molecular formula is C56H80ClN8O5+. The van der Waals surface area contributed by atoms with Crippen molar-refractivity contribution in [1.29, 1.82) is 0 Å². The molecular weight excluding hydrogens is 900 g/mol. The second-order valence-electron chi connectivity index (χ2n) is 22.3. The van der Waals surface area contributed by atoms with Gasteiger partial charge in [-0.05, 0) is 111 Å². The van der Waals surface area contributed by atoms with Crippen LogP contribution >= 0.6 is 11.6 Å². The van der Waals surface area contributed by atoms with E-state index < -0.39 is 5.60 Å². The van der Waals surface area contributed by atoms with Crippen LogP contribution in [0.1, 0.15) is 109 Å². The van der Waals surface area contributed by atoms with Crippen LogP contribution in [0.15, 0.2) is 66.9 Å². The van der Waals surface area contributed by atoms with Gasteiger partial charge in [-0.15, -0.1) is 0 Å². The number of nitrogens with zero attached hydrogens (tertiary/aromatic N) is 4. The Labute approximate surface area is 422 Å². The van der Waals surface area contributed by atoms with E-state index in [1.165, 1.54) is 30.8 Å². The van der Waals surface area contributed by atoms with Crippen LogP contribution in [-0.4, -0.2) is 126 Å². The van der Waals surface area contributed by atoms with Crippen LogP contribution in [-0.2, 0) is 28.2 Å². The lowest BCUT2D eigenvalue weighted by molar-refractivity contribution is -0.546. The summed E-state index contributed by atoms with van der Waals surface area (Å²) in [4.78, 5) is 33.8. The van der Waals surface area contributed by atoms with Gasteiger partial charge in [0.25, 0.3) is 0 Å². The molecule has 2 amide bonds. The van der Waals surface area contributed by atoms with Gasteiger partial charge in [-0.2, -0.15) is 0 Å². The van der Waals surface area contributed by atoms with Gasteiger partial charge in [-0.25, -0.2) is 0 Å². The lowest BCUT2D eigenvalue weighted by atomic mass is 9.49. The first kappa shape index (κ1) is 51.7. The van der Waals surface area contributed by atoms with Crippen LogP contribution in [0.4, 0.5) is 0 Å². The zero-order chi connectivity index (χ0) is 50.0. The quantitative estimate of drug-likeness (QED) is 0.0649. The lowest BCUT2D eigenvalue weighted by Gasteiger charge is -2.63. The fourth-order valence-corrected chi connectivity index (χ4v) is 12.3. The van der Waals surface area contributed by atoms with Crippen LogP contribution in [0.25, 0.3) is 5.57 Å². The Hall–Kier alpha value is -4.66. The number of rotatable bonds is 18. The average Bonchev–Trinajstić information content (AvgIpc) is 3.84. The number of aryl methyl sites for hydroxylation is 1. The highest BCUT2D eigenvalue weighted by Crippen LogP contribution is 2.56. The molecule has 13 nitrogen and oxygen atoms in total. The van der Waals surface area contributed by atoms with Crippen molar-refractivity contribution in [3.8, 4) is 17.2 Å². The maximum absolute atomic E-state index is 14.1. The van der Waals surface area contributed by atoms with Crippen molar-refractivity contribution < 1.29 is 28.7 Å². The standard InChI is InChI=1S/C56H79ClN8O5/c1-9-10-11-12-26-65-35-39(49(66)61-51-54(2,3)52(55(51,4)5)70-42-21-17-38(33-58)46(57)32-42)34-60-53(65)64-29-27-63(28-30-64)25-13-14-37-15-19-41(20-16-37)69-47-22-18-40(56(6,7)68)31-44(47)45-36-62(8)50(67)48-43(45)23-24-59-48/h15-22,31-32,36,39,43,48,51-52,59,68H,9-14,23-30,33-35,58H2,1-8H3,(H,61,66)/p+1. The summed E-state index contributed by atoms with van der Waals surface area (Å²) in [5.74, 6) is 3.42. The number of carbonyl (C=O) groups is 2. The van der Waals surface area contributed by atoms with Crippen molar-refractivity contribution in [2.75, 3.05) is 66.0 Å². The molecule has 3 unspecified atom stereocenters. The minimum Gasteiger partial charge on any atom is -0.489 e. The number of hydrogen-bond donors (Lipinski definition) is 5. The number of likely N-dealkylation sites (N-methyl/N-ethyl adjacent to an activating group) is 1. The summed E-state index contributed by atoms with van der Waals surface area (Å²) >= 11 is 6.47. The van der Waals surface area contributed by atoms with Crippen LogP contribution in [0, 0.1) is 22.7 Å². The number of fused-ring (bicyclic) bond motifs is 1. The molecule has 3 aromatic carbocycles. The van der Waals surface area contributed by atoms with E-state index in [1.807, 2.05) is 54.7 Å². The first-order valence-electron chi connectivity index (χ1n) is 26.0. The third-order valence-electron chi connectivity index (χ3n) is 15.9. The number of amides is 2. The van der Waals surface area contributed by atoms with Crippen LogP contribution < -0.4 is 31.2 Å². The SMILES string of the molecule is CCCCCCN1CC(C(=O)NC2C(C)(C)C(Oc3ccc(CN)c(Cl)c3)C2(C)C)CNC1=[N+]1CCN(CCCc2ccc(Oc3ccc(C(C)(C)O)cc3C3=CN(C)C(=O)C4NCCC34)cc2)CC1. The van der Waals surface area contributed by atoms with E-state index in [0.29, 0.717) is 30.4 Å². The minimum atomic E-state index is -1.02. The van der Waals surface area contributed by atoms with Crippen molar-refractivity contribution >= 4 is 34.9 Å². The number of nitrogens with one attached hydrogen (secondary N) is 3. The molecule has 14 heteroatoms. The smallest absolute Gasteiger partial charge is 0.348 e. The number of aliphatic hydroxyl groups is 1. The van der Waals surface area contributed by atoms with Crippen molar-refractivity contribution in [1.82, 2.24) is 30.7 Å². The maximum atomic E-state index is 14.1. The highest BCUT2D eigenvalue weighted by Gasteiger charge is 2.64. The van der Waals surface area contributed by atoms with E-state index in [2.05, 4.69) is 77.1 Å². The molecule has 0 bridgehead atoms. The zero-order valence-corrected chi connectivity index (χ0v) is 43.8. The molecule has 70 heavy (non-hydrogen) atoms. The fourth-order valence-electron chi connectivity index (χ4n) is 12.0. The molecule has 6 N–H and O–H groups in total. The van der Waals surface area contributed by atoms with Gasteiger partial charge in [0.2, 0.25) is 11.8 Å². The molecule has 0 spiro atoms. The minimum absolute atomic E-state index is 0.0439. The Balaban J connectivity index is 0.839. The predicted molar refractivity (Wildman–Crippen MR) is 279 cm³/mol. The molecule has 380 valence electrons. The Kier molecular flexibility index (Phi) is 15.9. The molecule has 3 atom stereocenters. The van der Waals surface area contributed by atoms with Crippen LogP contribution in [0.3, 0.4) is 0 Å². The normalized spacial score (nSPS) is 24.4. The number of halogens is 1. The highest BCUT2D eigenvalue weighted by atomic mass is 35.5. The molecule has 0 aromatic heterocycles. The number of hydrogen-bond acceptors (Lipinski definition) is 8. The average molecular weight is 981 g/mol. The predicted octanol–water partition coefficient (Wildman–Crippen LogP) is 7.33. The van der Waals surface area contributed by atoms with Gasteiger partial charge in [0.05, 0.1) is 50.3 Å². The second kappa shape index (κ2) is 21.6. The maximum Gasteiger partial charge on any atom is 0.348 e. The van der Waals surface area contributed by atoms with E-state index in [-0.39, 0.29) is 52.7 Å². The summed E-state index contributed by atoms with van der Waals surface area (Å²) < 4.78 is 15.6. The molecule has 5 aliphatic rings. The first-order valence-corrected chi connectivity index (χ1v) is 26.4. The van der Waals surface area contributed by atoms with Gasteiger partial charge in [0.15, 0.2) is 0 Å². The number of benzene rings is 3. The fraction of sp³-hybridized carbons (Fsp3) is 0.589. The summed E-state index contributed by atoms with van der Waals surface area (Å²) in [6.07, 6.45) is 9.43. The number of piperazine rings is 1. The van der Waals surface area contributed by atoms with E-state index in [1.54, 1.807) is 25.8 Å². The zero-order valence-electron chi connectivity index (χ0n) is 43.1. The summed E-state index contributed by atoms with van der Waals surface area (Å²) in [7, 11) is 1.81. The van der Waals surface area contributed by atoms with Crippen LogP contribution in [0.5, 0.6) is 17.2 Å². The van der Waals surface area contributed by atoms with Crippen molar-refractivity contribution in [2.45, 2.75) is 124 Å². The first-order chi connectivity index (χ1) is 33.4. The third kappa shape index (κ3) is 11.2. The Morgan fingerprint density at radius 2 is 1.70 bits per heavy atom. The Bertz CT molecular complexity index is 2390. The molecule has 3 aromatic rings. The number of ether oxygens (including phenoxy) is 2. The van der Waals surface area contributed by atoms with Gasteiger partial charge in [0, 0.05) is 66.3 Å². The number of carbonyl (C=O) groups excluding carboxylic acids is 2. The van der Waals surface area contributed by atoms with Crippen LogP contribution in [0.2, 0.25) is 5.02 Å². The van der Waals surface area contributed by atoms with Gasteiger partial charge in [-0.3, -0.25) is 29.3 Å². The number of nitrogens with two attached hydrogens (primary N) is 1. The molecule has 4 aliphatic heterocycles. The second-order valence-corrected chi connectivity index (χ2v) is 22.7. The summed E-state index contributed by atoms with van der Waals surface area (Å²) in [5, 5.41) is 22.2. The summed E-state index contributed by atoms with van der Waals surface area (Å²) in [6, 6.07) is 19.7. The summed E-state index contributed by atoms with van der Waals surface area (Å²) in [6.45, 7) is 22.9. The van der Waals surface area contributed by atoms with E-state index in [0.717, 1.165) is 105 Å². The van der Waals surface area contributed by atoms with Gasteiger partial charge < -0.3 is 35.8 Å². The van der Waals surface area contributed by atoms with E-state index in [4.69, 9.17) is 26.8 Å². The molecule has 0 radical (unpaired) electrons. The molecule has 8 rings (SSSR count). The number of unbranched alkanes of at least 4 members (excludes halogenated alkanes) is 3. The Morgan fingerprint density at radius 3 is 2.39 bits per heavy atom. The third-order valence-corrected chi connectivity index (χ3v) is 16.2.